The van der Waals surface area contributed by atoms with Gasteiger partial charge in [0, 0.05) is 17.4 Å². The standard InChI is InChI=1S/C20H28O/c1-18(2,3)13-8-9-14(19(4,5)6)17-16(13)15(21)12-20(17)10-7-11-20/h8-9H,7,10-12H2,1-6H3. The molecule has 21 heavy (non-hydrogen) atoms. The van der Waals surface area contributed by atoms with Crippen molar-refractivity contribution < 1.29 is 4.79 Å². The molecule has 2 aliphatic rings. The third kappa shape index (κ3) is 2.08. The lowest BCUT2D eigenvalue weighted by Crippen LogP contribution is -2.34. The molecule has 2 aliphatic carbocycles. The number of ketones is 1. The van der Waals surface area contributed by atoms with Crippen LogP contribution in [0, 0.1) is 0 Å². The van der Waals surface area contributed by atoms with Gasteiger partial charge in [-0.2, -0.15) is 0 Å². The molecule has 0 aromatic heterocycles. The third-order valence-corrected chi connectivity index (χ3v) is 5.44. The van der Waals surface area contributed by atoms with Crippen LogP contribution in [-0.2, 0) is 16.2 Å². The topological polar surface area (TPSA) is 17.1 Å². The summed E-state index contributed by atoms with van der Waals surface area (Å²) >= 11 is 0. The van der Waals surface area contributed by atoms with Crippen molar-refractivity contribution in [1.29, 1.82) is 0 Å². The molecule has 114 valence electrons. The first-order chi connectivity index (χ1) is 9.56. The largest absolute Gasteiger partial charge is 0.294 e. The van der Waals surface area contributed by atoms with E-state index in [1.165, 1.54) is 36.0 Å². The molecule has 1 spiro atoms. The Kier molecular flexibility index (Phi) is 2.97. The lowest BCUT2D eigenvalue weighted by Gasteiger charge is -2.42. The van der Waals surface area contributed by atoms with Gasteiger partial charge in [-0.1, -0.05) is 60.1 Å². The molecule has 0 radical (unpaired) electrons. The molecule has 3 rings (SSSR count). The Hall–Kier alpha value is -1.11. The zero-order chi connectivity index (χ0) is 15.6. The van der Waals surface area contributed by atoms with Crippen LogP contribution >= 0.6 is 0 Å². The first-order valence-corrected chi connectivity index (χ1v) is 8.28. The highest BCUT2D eigenvalue weighted by atomic mass is 16.1. The van der Waals surface area contributed by atoms with Crippen LogP contribution in [0.1, 0.15) is 94.3 Å². The molecular formula is C20H28O. The number of carbonyl (C=O) groups excluding carboxylic acids is 1. The zero-order valence-corrected chi connectivity index (χ0v) is 14.4. The summed E-state index contributed by atoms with van der Waals surface area (Å²) in [5.41, 5.74) is 5.46. The van der Waals surface area contributed by atoms with Crippen molar-refractivity contribution in [3.05, 3.63) is 34.4 Å². The molecule has 0 saturated heterocycles. The lowest BCUT2D eigenvalue weighted by molar-refractivity contribution is 0.0944. The smallest absolute Gasteiger partial charge is 0.164 e. The number of benzene rings is 1. The Morgan fingerprint density at radius 3 is 1.86 bits per heavy atom. The van der Waals surface area contributed by atoms with E-state index in [0.29, 0.717) is 5.78 Å². The first-order valence-electron chi connectivity index (χ1n) is 8.28. The predicted octanol–water partition coefficient (Wildman–Crippen LogP) is 5.29. The molecule has 0 aliphatic heterocycles. The highest BCUT2D eigenvalue weighted by Gasteiger charge is 2.51. The normalized spacial score (nSPS) is 20.6. The summed E-state index contributed by atoms with van der Waals surface area (Å²) in [6.45, 7) is 13.5. The quantitative estimate of drug-likeness (QED) is 0.632. The number of Topliss-reactive ketones (excluding diaryl/α,β-unsaturated/α-hetero) is 1. The second kappa shape index (κ2) is 4.21. The van der Waals surface area contributed by atoms with Crippen molar-refractivity contribution in [1.82, 2.24) is 0 Å². The molecule has 0 bridgehead atoms. The van der Waals surface area contributed by atoms with E-state index < -0.39 is 0 Å². The molecule has 0 amide bonds. The van der Waals surface area contributed by atoms with Gasteiger partial charge in [0.15, 0.2) is 5.78 Å². The Morgan fingerprint density at radius 2 is 1.43 bits per heavy atom. The van der Waals surface area contributed by atoms with E-state index in [2.05, 4.69) is 53.7 Å². The monoisotopic (exact) mass is 284 g/mol. The van der Waals surface area contributed by atoms with Gasteiger partial charge in [-0.3, -0.25) is 4.79 Å². The fourth-order valence-corrected chi connectivity index (χ4v) is 4.21. The molecule has 1 aromatic rings. The van der Waals surface area contributed by atoms with E-state index >= 15 is 0 Å². The minimum atomic E-state index is 0.0332. The maximum atomic E-state index is 12.8. The van der Waals surface area contributed by atoms with Crippen LogP contribution in [-0.4, -0.2) is 5.78 Å². The van der Waals surface area contributed by atoms with Gasteiger partial charge < -0.3 is 0 Å². The van der Waals surface area contributed by atoms with Gasteiger partial charge in [0.2, 0.25) is 0 Å². The van der Waals surface area contributed by atoms with Crippen LogP contribution < -0.4 is 0 Å². The first kappa shape index (κ1) is 14.8. The minimum absolute atomic E-state index is 0.0332. The second-order valence-electron chi connectivity index (χ2n) is 9.14. The number of hydrogen-bond acceptors (Lipinski definition) is 1. The maximum absolute atomic E-state index is 12.8. The van der Waals surface area contributed by atoms with Gasteiger partial charge in [0.25, 0.3) is 0 Å². The summed E-state index contributed by atoms with van der Waals surface area (Å²) in [6.07, 6.45) is 4.42. The van der Waals surface area contributed by atoms with Crippen molar-refractivity contribution in [3.63, 3.8) is 0 Å². The Labute approximate surface area is 129 Å². The summed E-state index contributed by atoms with van der Waals surface area (Å²) in [5, 5.41) is 0. The van der Waals surface area contributed by atoms with Crippen LogP contribution in [0.15, 0.2) is 12.1 Å². The molecule has 0 N–H and O–H groups in total. The molecule has 1 heteroatoms. The van der Waals surface area contributed by atoms with Crippen LogP contribution in [0.2, 0.25) is 0 Å². The maximum Gasteiger partial charge on any atom is 0.164 e. The van der Waals surface area contributed by atoms with Gasteiger partial charge in [0.1, 0.15) is 0 Å². The minimum Gasteiger partial charge on any atom is -0.294 e. The fraction of sp³-hybridized carbons (Fsp3) is 0.650. The number of hydrogen-bond donors (Lipinski definition) is 0. The van der Waals surface area contributed by atoms with Gasteiger partial charge in [-0.15, -0.1) is 0 Å². The fourth-order valence-electron chi connectivity index (χ4n) is 4.21. The zero-order valence-electron chi connectivity index (χ0n) is 14.4. The van der Waals surface area contributed by atoms with Gasteiger partial charge in [-0.25, -0.2) is 0 Å². The van der Waals surface area contributed by atoms with Crippen LogP contribution in [0.25, 0.3) is 0 Å². The third-order valence-electron chi connectivity index (χ3n) is 5.44. The number of carbonyl (C=O) groups is 1. The lowest BCUT2D eigenvalue weighted by atomic mass is 9.61. The summed E-state index contributed by atoms with van der Waals surface area (Å²) < 4.78 is 0. The molecule has 1 nitrogen and oxygen atoms in total. The van der Waals surface area contributed by atoms with Crippen LogP contribution in [0.4, 0.5) is 0 Å². The Bertz CT molecular complexity index is 604. The SMILES string of the molecule is CC(C)(C)c1ccc(C(C)(C)C)c2c1C(=O)CC21CCC1. The molecule has 0 atom stereocenters. The van der Waals surface area contributed by atoms with Crippen molar-refractivity contribution in [2.75, 3.05) is 0 Å². The van der Waals surface area contributed by atoms with Gasteiger partial charge >= 0.3 is 0 Å². The Balaban J connectivity index is 2.33. The summed E-state index contributed by atoms with van der Waals surface area (Å²) in [4.78, 5) is 12.8. The van der Waals surface area contributed by atoms with Crippen molar-refractivity contribution in [3.8, 4) is 0 Å². The average Bonchev–Trinajstić information content (AvgIpc) is 2.60. The number of fused-ring (bicyclic) bond motifs is 2. The van der Waals surface area contributed by atoms with Crippen molar-refractivity contribution in [2.24, 2.45) is 0 Å². The van der Waals surface area contributed by atoms with E-state index in [1.54, 1.807) is 0 Å². The van der Waals surface area contributed by atoms with Gasteiger partial charge in [-0.05, 0) is 40.4 Å². The van der Waals surface area contributed by atoms with Crippen LogP contribution in [0.5, 0.6) is 0 Å². The van der Waals surface area contributed by atoms with E-state index in [4.69, 9.17) is 0 Å². The Morgan fingerprint density at radius 1 is 0.905 bits per heavy atom. The summed E-state index contributed by atoms with van der Waals surface area (Å²) in [5.74, 6) is 0.390. The molecule has 0 heterocycles. The van der Waals surface area contributed by atoms with Crippen LogP contribution in [0.3, 0.4) is 0 Å². The molecular weight excluding hydrogens is 256 g/mol. The van der Waals surface area contributed by atoms with E-state index in [9.17, 15) is 4.79 Å². The predicted molar refractivity (Wildman–Crippen MR) is 88.3 cm³/mol. The highest BCUT2D eigenvalue weighted by molar-refractivity contribution is 6.04. The van der Waals surface area contributed by atoms with E-state index in [1.807, 2.05) is 0 Å². The molecule has 0 unspecified atom stereocenters. The second-order valence-corrected chi connectivity index (χ2v) is 9.14. The average molecular weight is 284 g/mol. The molecule has 1 saturated carbocycles. The highest BCUT2D eigenvalue weighted by Crippen LogP contribution is 2.56. The molecule has 1 fully saturated rings. The van der Waals surface area contributed by atoms with Gasteiger partial charge in [0.05, 0.1) is 0 Å². The number of rotatable bonds is 0. The van der Waals surface area contributed by atoms with E-state index in [-0.39, 0.29) is 16.2 Å². The molecule has 1 aromatic carbocycles. The van der Waals surface area contributed by atoms with Crippen molar-refractivity contribution in [2.45, 2.75) is 83.5 Å². The van der Waals surface area contributed by atoms with E-state index in [0.717, 1.165) is 12.0 Å². The summed E-state index contributed by atoms with van der Waals surface area (Å²) in [6, 6.07) is 4.52. The van der Waals surface area contributed by atoms with Crippen molar-refractivity contribution >= 4 is 5.78 Å². The summed E-state index contributed by atoms with van der Waals surface area (Å²) in [7, 11) is 0.